The van der Waals surface area contributed by atoms with Gasteiger partial charge in [-0.2, -0.15) is 0 Å². The summed E-state index contributed by atoms with van der Waals surface area (Å²) >= 11 is 4.89. The Labute approximate surface area is 111 Å². The van der Waals surface area contributed by atoms with Crippen molar-refractivity contribution in [2.75, 3.05) is 6.61 Å². The largest absolute Gasteiger partial charge is 0.460 e. The molecule has 2 heterocycles. The molecule has 17 heavy (non-hydrogen) atoms. The van der Waals surface area contributed by atoms with Crippen LogP contribution in [0, 0.1) is 6.92 Å². The number of carbonyl (C=O) groups is 1. The highest BCUT2D eigenvalue weighted by Crippen LogP contribution is 2.33. The maximum Gasteiger partial charge on any atom is 0.376 e. The first-order valence-electron chi connectivity index (χ1n) is 5.01. The molecule has 0 aliphatic heterocycles. The summed E-state index contributed by atoms with van der Waals surface area (Å²) < 4.78 is 11.2. The van der Waals surface area contributed by atoms with Gasteiger partial charge in [-0.05, 0) is 41.2 Å². The summed E-state index contributed by atoms with van der Waals surface area (Å²) in [5.74, 6) is 0.131. The van der Waals surface area contributed by atoms with Crippen LogP contribution in [0.1, 0.15) is 23.2 Å². The molecule has 0 radical (unpaired) electrons. The molecule has 0 saturated carbocycles. The molecule has 0 N–H and O–H groups in total. The normalized spacial score (nSPS) is 10.5. The third-order valence-electron chi connectivity index (χ3n) is 2.07. The molecule has 0 unspecified atom stereocenters. The number of hydrogen-bond donors (Lipinski definition) is 0. The molecule has 2 aromatic rings. The van der Waals surface area contributed by atoms with Crippen molar-refractivity contribution in [1.82, 2.24) is 4.98 Å². The summed E-state index contributed by atoms with van der Waals surface area (Å²) in [6.45, 7) is 3.79. The van der Waals surface area contributed by atoms with Crippen LogP contribution in [0.25, 0.3) is 10.8 Å². The number of halogens is 1. The van der Waals surface area contributed by atoms with Crippen LogP contribution in [0.4, 0.5) is 0 Å². The predicted octanol–water partition coefficient (Wildman–Crippen LogP) is 3.65. The van der Waals surface area contributed by atoms with Gasteiger partial charge in [0.1, 0.15) is 4.88 Å². The van der Waals surface area contributed by atoms with Gasteiger partial charge in [-0.3, -0.25) is 0 Å². The lowest BCUT2D eigenvalue weighted by atomic mass is 10.4. The van der Waals surface area contributed by atoms with E-state index in [1.807, 2.05) is 11.4 Å². The highest BCUT2D eigenvalue weighted by molar-refractivity contribution is 9.10. The average molecular weight is 316 g/mol. The third kappa shape index (κ3) is 2.42. The van der Waals surface area contributed by atoms with E-state index < -0.39 is 5.97 Å². The molecule has 6 heteroatoms. The van der Waals surface area contributed by atoms with Crippen molar-refractivity contribution in [1.29, 1.82) is 0 Å². The van der Waals surface area contributed by atoms with Crippen LogP contribution in [0.15, 0.2) is 20.3 Å². The van der Waals surface area contributed by atoms with E-state index in [0.717, 1.165) is 9.35 Å². The molecule has 2 rings (SSSR count). The maximum absolute atomic E-state index is 11.6. The molecule has 0 aliphatic rings. The molecule has 0 spiro atoms. The van der Waals surface area contributed by atoms with E-state index in [4.69, 9.17) is 9.15 Å². The van der Waals surface area contributed by atoms with Crippen LogP contribution in [0.2, 0.25) is 0 Å². The minimum Gasteiger partial charge on any atom is -0.460 e. The van der Waals surface area contributed by atoms with Crippen molar-refractivity contribution in [3.8, 4) is 10.8 Å². The fraction of sp³-hybridized carbons (Fsp3) is 0.273. The van der Waals surface area contributed by atoms with Crippen molar-refractivity contribution >= 4 is 33.2 Å². The van der Waals surface area contributed by atoms with Crippen molar-refractivity contribution in [3.05, 3.63) is 27.4 Å². The van der Waals surface area contributed by atoms with Crippen LogP contribution in [0.5, 0.6) is 0 Å². The summed E-state index contributed by atoms with van der Waals surface area (Å²) in [7, 11) is 0. The highest BCUT2D eigenvalue weighted by atomic mass is 79.9. The Morgan fingerprint density at radius 2 is 2.41 bits per heavy atom. The highest BCUT2D eigenvalue weighted by Gasteiger charge is 2.20. The molecule has 90 valence electrons. The molecule has 0 aliphatic carbocycles. The first kappa shape index (κ1) is 12.3. The lowest BCUT2D eigenvalue weighted by molar-refractivity contribution is 0.0490. The van der Waals surface area contributed by atoms with Crippen LogP contribution in [0.3, 0.4) is 0 Å². The zero-order valence-electron chi connectivity index (χ0n) is 9.32. The van der Waals surface area contributed by atoms with Gasteiger partial charge in [0.25, 0.3) is 0 Å². The second-order valence-electron chi connectivity index (χ2n) is 3.25. The average Bonchev–Trinajstić information content (AvgIpc) is 2.84. The molecule has 0 bridgehead atoms. The standard InChI is InChI=1S/C11H10BrNO3S/c1-3-15-11(14)8-6(2)13-10(16-8)9-7(12)4-5-17-9/h4-5H,3H2,1-2H3. The number of thiophene rings is 1. The summed E-state index contributed by atoms with van der Waals surface area (Å²) in [5, 5.41) is 1.92. The van der Waals surface area contributed by atoms with E-state index in [0.29, 0.717) is 18.2 Å². The van der Waals surface area contributed by atoms with Gasteiger partial charge < -0.3 is 9.15 Å². The smallest absolute Gasteiger partial charge is 0.376 e. The minimum absolute atomic E-state index is 0.169. The maximum atomic E-state index is 11.6. The zero-order chi connectivity index (χ0) is 12.4. The lowest BCUT2D eigenvalue weighted by Crippen LogP contribution is -2.04. The van der Waals surface area contributed by atoms with Crippen LogP contribution in [-0.4, -0.2) is 17.6 Å². The Morgan fingerprint density at radius 1 is 1.65 bits per heavy atom. The molecule has 0 saturated heterocycles. The first-order valence-corrected chi connectivity index (χ1v) is 6.68. The number of hydrogen-bond acceptors (Lipinski definition) is 5. The summed E-state index contributed by atoms with van der Waals surface area (Å²) in [5.41, 5.74) is 0.541. The molecular formula is C11H10BrNO3S. The quantitative estimate of drug-likeness (QED) is 0.811. The number of aryl methyl sites for hydroxylation is 1. The number of esters is 1. The fourth-order valence-corrected chi connectivity index (χ4v) is 2.79. The van der Waals surface area contributed by atoms with Crippen molar-refractivity contribution < 1.29 is 13.9 Å². The van der Waals surface area contributed by atoms with Gasteiger partial charge in [0.2, 0.25) is 11.7 Å². The van der Waals surface area contributed by atoms with Gasteiger partial charge in [0.15, 0.2) is 0 Å². The van der Waals surface area contributed by atoms with E-state index in [1.165, 1.54) is 11.3 Å². The molecule has 0 atom stereocenters. The first-order chi connectivity index (χ1) is 8.13. The van der Waals surface area contributed by atoms with Crippen LogP contribution in [-0.2, 0) is 4.74 Å². The SMILES string of the molecule is CCOC(=O)c1oc(-c2sccc2Br)nc1C. The Bertz CT molecular complexity index is 547. The monoisotopic (exact) mass is 315 g/mol. The zero-order valence-corrected chi connectivity index (χ0v) is 11.7. The third-order valence-corrected chi connectivity index (χ3v) is 3.89. The molecule has 0 fully saturated rings. The molecular weight excluding hydrogens is 306 g/mol. The number of oxazole rings is 1. The van der Waals surface area contributed by atoms with Crippen LogP contribution >= 0.6 is 27.3 Å². The summed E-state index contributed by atoms with van der Waals surface area (Å²) in [4.78, 5) is 16.7. The van der Waals surface area contributed by atoms with Gasteiger partial charge in [-0.1, -0.05) is 0 Å². The molecule has 0 amide bonds. The van der Waals surface area contributed by atoms with Gasteiger partial charge in [-0.15, -0.1) is 11.3 Å². The van der Waals surface area contributed by atoms with Gasteiger partial charge >= 0.3 is 5.97 Å². The van der Waals surface area contributed by atoms with E-state index in [-0.39, 0.29) is 5.76 Å². The van der Waals surface area contributed by atoms with Gasteiger partial charge in [0.05, 0.1) is 12.3 Å². The summed E-state index contributed by atoms with van der Waals surface area (Å²) in [6.07, 6.45) is 0. The Balaban J connectivity index is 2.37. The number of rotatable bonds is 3. The van der Waals surface area contributed by atoms with Crippen LogP contribution < -0.4 is 0 Å². The number of aromatic nitrogens is 1. The number of ether oxygens (including phenoxy) is 1. The van der Waals surface area contributed by atoms with Crippen molar-refractivity contribution in [2.24, 2.45) is 0 Å². The molecule has 4 nitrogen and oxygen atoms in total. The summed E-state index contributed by atoms with van der Waals surface area (Å²) in [6, 6.07) is 1.91. The van der Waals surface area contributed by atoms with Gasteiger partial charge in [0, 0.05) is 4.47 Å². The molecule has 0 aromatic carbocycles. The van der Waals surface area contributed by atoms with E-state index in [9.17, 15) is 4.79 Å². The van der Waals surface area contributed by atoms with Crippen molar-refractivity contribution in [2.45, 2.75) is 13.8 Å². The second-order valence-corrected chi connectivity index (χ2v) is 5.02. The Morgan fingerprint density at radius 3 is 3.00 bits per heavy atom. The second kappa shape index (κ2) is 5.01. The fourth-order valence-electron chi connectivity index (χ4n) is 1.33. The lowest BCUT2D eigenvalue weighted by Gasteiger charge is -1.97. The number of nitrogens with zero attached hydrogens (tertiary/aromatic N) is 1. The Hall–Kier alpha value is -1.14. The number of carbonyl (C=O) groups excluding carboxylic acids is 1. The van der Waals surface area contributed by atoms with Crippen molar-refractivity contribution in [3.63, 3.8) is 0 Å². The topological polar surface area (TPSA) is 52.3 Å². The molecule has 2 aromatic heterocycles. The van der Waals surface area contributed by atoms with Gasteiger partial charge in [-0.25, -0.2) is 9.78 Å². The predicted molar refractivity (Wildman–Crippen MR) is 68.2 cm³/mol. The minimum atomic E-state index is -0.476. The van der Waals surface area contributed by atoms with E-state index in [2.05, 4.69) is 20.9 Å². The van der Waals surface area contributed by atoms with E-state index in [1.54, 1.807) is 13.8 Å². The Kier molecular flexibility index (Phi) is 3.63. The van der Waals surface area contributed by atoms with E-state index >= 15 is 0 Å².